The molecule has 0 aromatic rings. The Hall–Kier alpha value is -0.160. The quantitative estimate of drug-likeness (QED) is 0.606. The van der Waals surface area contributed by atoms with Gasteiger partial charge in [0.1, 0.15) is 0 Å². The van der Waals surface area contributed by atoms with Gasteiger partial charge < -0.3 is 15.3 Å². The Bertz CT molecular complexity index is 246. The number of hydrogen-bond acceptors (Lipinski definition) is 4. The van der Waals surface area contributed by atoms with Crippen molar-refractivity contribution in [2.24, 2.45) is 5.92 Å². The molecule has 0 aliphatic rings. The lowest BCUT2D eigenvalue weighted by molar-refractivity contribution is 0.104. The zero-order valence-corrected chi connectivity index (χ0v) is 14.7. The van der Waals surface area contributed by atoms with Crippen LogP contribution in [-0.2, 0) is 0 Å². The molecule has 122 valence electrons. The molecular weight excluding hydrogens is 250 g/mol. The minimum atomic E-state index is -0.179. The van der Waals surface area contributed by atoms with Crippen molar-refractivity contribution in [2.45, 2.75) is 52.6 Å². The third kappa shape index (κ3) is 8.20. The Morgan fingerprint density at radius 2 is 1.75 bits per heavy atom. The second kappa shape index (κ2) is 9.72. The monoisotopic (exact) mass is 287 g/mol. The van der Waals surface area contributed by atoms with Crippen molar-refractivity contribution in [1.29, 1.82) is 0 Å². The molecule has 0 saturated carbocycles. The standard InChI is InChI=1S/C16H37N3O/c1-8-17-16(5,13-20)11-15(4)19(12-14(2)3)10-9-18(6)7/h14-15,17,20H,8-13H2,1-7H3. The second-order valence-electron chi connectivity index (χ2n) is 6.99. The molecule has 0 fully saturated rings. The number of hydrogen-bond donors (Lipinski definition) is 2. The molecule has 0 aromatic heterocycles. The number of nitrogens with zero attached hydrogens (tertiary/aromatic N) is 2. The van der Waals surface area contributed by atoms with E-state index in [1.165, 1.54) is 0 Å². The zero-order chi connectivity index (χ0) is 15.8. The van der Waals surface area contributed by atoms with Gasteiger partial charge >= 0.3 is 0 Å². The van der Waals surface area contributed by atoms with Crippen LogP contribution in [0.5, 0.6) is 0 Å². The van der Waals surface area contributed by atoms with E-state index in [0.717, 1.165) is 32.6 Å². The fourth-order valence-corrected chi connectivity index (χ4v) is 2.69. The number of aliphatic hydroxyl groups is 1. The number of likely N-dealkylation sites (N-methyl/N-ethyl adjacent to an activating group) is 2. The summed E-state index contributed by atoms with van der Waals surface area (Å²) < 4.78 is 0. The molecule has 0 aliphatic heterocycles. The van der Waals surface area contributed by atoms with Gasteiger partial charge in [-0.05, 0) is 46.8 Å². The highest BCUT2D eigenvalue weighted by atomic mass is 16.3. The van der Waals surface area contributed by atoms with Gasteiger partial charge in [-0.25, -0.2) is 0 Å². The van der Waals surface area contributed by atoms with Gasteiger partial charge in [0.05, 0.1) is 6.61 Å². The fourth-order valence-electron chi connectivity index (χ4n) is 2.69. The third-order valence-electron chi connectivity index (χ3n) is 3.76. The molecule has 2 atom stereocenters. The van der Waals surface area contributed by atoms with Gasteiger partial charge in [-0.3, -0.25) is 4.90 Å². The predicted octanol–water partition coefficient (Wildman–Crippen LogP) is 1.65. The first-order valence-electron chi connectivity index (χ1n) is 7.98. The lowest BCUT2D eigenvalue weighted by Crippen LogP contribution is -2.51. The summed E-state index contributed by atoms with van der Waals surface area (Å²) in [5.41, 5.74) is -0.179. The van der Waals surface area contributed by atoms with Gasteiger partial charge in [-0.2, -0.15) is 0 Å². The first kappa shape index (κ1) is 19.8. The van der Waals surface area contributed by atoms with Crippen LogP contribution in [0.25, 0.3) is 0 Å². The molecule has 2 unspecified atom stereocenters. The maximum Gasteiger partial charge on any atom is 0.0611 e. The molecule has 0 bridgehead atoms. The van der Waals surface area contributed by atoms with Crippen LogP contribution in [0.3, 0.4) is 0 Å². The van der Waals surface area contributed by atoms with E-state index in [1.807, 2.05) is 0 Å². The molecule has 0 rings (SSSR count). The molecule has 20 heavy (non-hydrogen) atoms. The molecule has 0 radical (unpaired) electrons. The topological polar surface area (TPSA) is 38.7 Å². The van der Waals surface area contributed by atoms with Crippen LogP contribution in [0.4, 0.5) is 0 Å². The minimum Gasteiger partial charge on any atom is -0.394 e. The van der Waals surface area contributed by atoms with Gasteiger partial charge in [0.15, 0.2) is 0 Å². The van der Waals surface area contributed by atoms with Crippen LogP contribution in [0.2, 0.25) is 0 Å². The Kier molecular flexibility index (Phi) is 9.64. The highest BCUT2D eigenvalue weighted by Gasteiger charge is 2.27. The number of rotatable bonds is 11. The van der Waals surface area contributed by atoms with E-state index in [1.54, 1.807) is 0 Å². The van der Waals surface area contributed by atoms with Crippen molar-refractivity contribution in [3.63, 3.8) is 0 Å². The first-order chi connectivity index (χ1) is 9.24. The van der Waals surface area contributed by atoms with E-state index in [-0.39, 0.29) is 12.1 Å². The molecule has 0 spiro atoms. The van der Waals surface area contributed by atoms with Crippen molar-refractivity contribution in [3.8, 4) is 0 Å². The molecule has 4 nitrogen and oxygen atoms in total. The van der Waals surface area contributed by atoms with E-state index >= 15 is 0 Å². The minimum absolute atomic E-state index is 0.179. The van der Waals surface area contributed by atoms with Crippen molar-refractivity contribution in [3.05, 3.63) is 0 Å². The van der Waals surface area contributed by atoms with E-state index < -0.39 is 0 Å². The van der Waals surface area contributed by atoms with Crippen LogP contribution >= 0.6 is 0 Å². The number of aliphatic hydroxyl groups excluding tert-OH is 1. The summed E-state index contributed by atoms with van der Waals surface area (Å²) in [4.78, 5) is 4.78. The average Bonchev–Trinajstić information content (AvgIpc) is 2.33. The Balaban J connectivity index is 4.62. The molecule has 0 saturated heterocycles. The molecule has 2 N–H and O–H groups in total. The molecule has 0 amide bonds. The third-order valence-corrected chi connectivity index (χ3v) is 3.76. The summed E-state index contributed by atoms with van der Waals surface area (Å²) in [6.45, 7) is 15.4. The van der Waals surface area contributed by atoms with Crippen molar-refractivity contribution >= 4 is 0 Å². The summed E-state index contributed by atoms with van der Waals surface area (Å²) in [6.07, 6.45) is 0.970. The zero-order valence-electron chi connectivity index (χ0n) is 14.7. The lowest BCUT2D eigenvalue weighted by atomic mass is 9.93. The van der Waals surface area contributed by atoms with Gasteiger partial charge in [-0.1, -0.05) is 20.8 Å². The molecule has 0 aromatic carbocycles. The average molecular weight is 287 g/mol. The van der Waals surface area contributed by atoms with Crippen molar-refractivity contribution in [2.75, 3.05) is 46.9 Å². The van der Waals surface area contributed by atoms with Crippen LogP contribution in [0.1, 0.15) is 41.0 Å². The summed E-state index contributed by atoms with van der Waals surface area (Å²) >= 11 is 0. The fraction of sp³-hybridized carbons (Fsp3) is 1.00. The van der Waals surface area contributed by atoms with Crippen LogP contribution < -0.4 is 5.32 Å². The normalized spacial score (nSPS) is 16.9. The van der Waals surface area contributed by atoms with E-state index in [4.69, 9.17) is 0 Å². The van der Waals surface area contributed by atoms with E-state index in [9.17, 15) is 5.11 Å². The van der Waals surface area contributed by atoms with Crippen LogP contribution in [0, 0.1) is 5.92 Å². The Labute approximate surface area is 126 Å². The molecule has 0 aliphatic carbocycles. The van der Waals surface area contributed by atoms with Crippen LogP contribution in [0.15, 0.2) is 0 Å². The lowest BCUT2D eigenvalue weighted by Gasteiger charge is -2.38. The summed E-state index contributed by atoms with van der Waals surface area (Å²) in [7, 11) is 4.24. The highest BCUT2D eigenvalue weighted by Crippen LogP contribution is 2.17. The van der Waals surface area contributed by atoms with Gasteiger partial charge in [0.25, 0.3) is 0 Å². The summed E-state index contributed by atoms with van der Waals surface area (Å²) in [5.74, 6) is 0.666. The van der Waals surface area contributed by atoms with Gasteiger partial charge in [-0.15, -0.1) is 0 Å². The maximum atomic E-state index is 9.66. The van der Waals surface area contributed by atoms with Crippen molar-refractivity contribution in [1.82, 2.24) is 15.1 Å². The number of nitrogens with one attached hydrogen (secondary N) is 1. The van der Waals surface area contributed by atoms with Gasteiger partial charge in [0, 0.05) is 31.2 Å². The van der Waals surface area contributed by atoms with Gasteiger partial charge in [0.2, 0.25) is 0 Å². The van der Waals surface area contributed by atoms with Crippen molar-refractivity contribution < 1.29 is 5.11 Å². The maximum absolute atomic E-state index is 9.66. The molecule has 0 heterocycles. The molecule has 4 heteroatoms. The van der Waals surface area contributed by atoms with E-state index in [0.29, 0.717) is 12.0 Å². The smallest absolute Gasteiger partial charge is 0.0611 e. The summed E-state index contributed by atoms with van der Waals surface area (Å²) in [5, 5.41) is 13.1. The largest absolute Gasteiger partial charge is 0.394 e. The first-order valence-corrected chi connectivity index (χ1v) is 7.98. The Morgan fingerprint density at radius 1 is 1.15 bits per heavy atom. The van der Waals surface area contributed by atoms with Crippen LogP contribution in [-0.4, -0.2) is 73.4 Å². The highest BCUT2D eigenvalue weighted by molar-refractivity contribution is 4.87. The predicted molar refractivity (Wildman–Crippen MR) is 88.2 cm³/mol. The van der Waals surface area contributed by atoms with E-state index in [2.05, 4.69) is 63.8 Å². The summed E-state index contributed by atoms with van der Waals surface area (Å²) in [6, 6.07) is 0.466. The molecular formula is C16H37N3O. The Morgan fingerprint density at radius 3 is 2.15 bits per heavy atom. The second-order valence-corrected chi connectivity index (χ2v) is 6.99. The SMILES string of the molecule is CCNC(C)(CO)CC(C)N(CCN(C)C)CC(C)C.